The van der Waals surface area contributed by atoms with Crippen molar-refractivity contribution in [2.45, 2.75) is 45.6 Å². The molecule has 0 spiro atoms. The van der Waals surface area contributed by atoms with E-state index in [0.29, 0.717) is 5.41 Å². The molecule has 0 amide bonds. The van der Waals surface area contributed by atoms with Crippen molar-refractivity contribution < 1.29 is 0 Å². The number of hydrogen-bond acceptors (Lipinski definition) is 2. The second-order valence-corrected chi connectivity index (χ2v) is 6.20. The standard InChI is InChI=1S/C13H26N2/c1-13(2)6-8-15(9-7-13)10-12(14-3)11-4-5-11/h11-12,14H,4-10H2,1-3H3. The fraction of sp³-hybridized carbons (Fsp3) is 1.00. The van der Waals surface area contributed by atoms with Gasteiger partial charge < -0.3 is 10.2 Å². The van der Waals surface area contributed by atoms with Crippen LogP contribution in [0.4, 0.5) is 0 Å². The molecule has 0 aromatic rings. The first kappa shape index (κ1) is 11.4. The third-order valence-corrected chi connectivity index (χ3v) is 4.23. The van der Waals surface area contributed by atoms with Gasteiger partial charge in [-0.1, -0.05) is 13.8 Å². The number of rotatable bonds is 4. The Morgan fingerprint density at radius 2 is 1.87 bits per heavy atom. The lowest BCUT2D eigenvalue weighted by atomic mass is 9.82. The zero-order valence-electron chi connectivity index (χ0n) is 10.6. The van der Waals surface area contributed by atoms with Gasteiger partial charge in [0, 0.05) is 12.6 Å². The first-order valence-corrected chi connectivity index (χ1v) is 6.50. The summed E-state index contributed by atoms with van der Waals surface area (Å²) in [5.74, 6) is 0.977. The molecule has 1 N–H and O–H groups in total. The van der Waals surface area contributed by atoms with Gasteiger partial charge in [-0.05, 0) is 57.2 Å². The van der Waals surface area contributed by atoms with E-state index in [4.69, 9.17) is 0 Å². The van der Waals surface area contributed by atoms with Crippen LogP contribution < -0.4 is 5.32 Å². The van der Waals surface area contributed by atoms with Crippen molar-refractivity contribution in [1.82, 2.24) is 10.2 Å². The maximum absolute atomic E-state index is 3.49. The van der Waals surface area contributed by atoms with Crippen molar-refractivity contribution in [3.8, 4) is 0 Å². The molecule has 15 heavy (non-hydrogen) atoms. The second kappa shape index (κ2) is 4.42. The first-order chi connectivity index (χ1) is 7.11. The Labute approximate surface area is 94.4 Å². The van der Waals surface area contributed by atoms with Crippen molar-refractivity contribution in [3.63, 3.8) is 0 Å². The Morgan fingerprint density at radius 3 is 2.33 bits per heavy atom. The van der Waals surface area contributed by atoms with E-state index in [1.54, 1.807) is 0 Å². The number of likely N-dealkylation sites (N-methyl/N-ethyl adjacent to an activating group) is 1. The molecule has 0 bridgehead atoms. The number of hydrogen-bond donors (Lipinski definition) is 1. The van der Waals surface area contributed by atoms with Gasteiger partial charge in [-0.15, -0.1) is 0 Å². The molecule has 2 nitrogen and oxygen atoms in total. The van der Waals surface area contributed by atoms with E-state index in [1.165, 1.54) is 45.3 Å². The molecule has 2 heteroatoms. The van der Waals surface area contributed by atoms with Crippen molar-refractivity contribution in [1.29, 1.82) is 0 Å². The molecule has 1 saturated carbocycles. The molecule has 0 radical (unpaired) electrons. The highest BCUT2D eigenvalue weighted by atomic mass is 15.2. The predicted molar refractivity (Wildman–Crippen MR) is 65.0 cm³/mol. The summed E-state index contributed by atoms with van der Waals surface area (Å²) in [5, 5.41) is 3.49. The minimum absolute atomic E-state index is 0.589. The van der Waals surface area contributed by atoms with E-state index in [9.17, 15) is 0 Å². The SMILES string of the molecule is CNC(CN1CCC(C)(C)CC1)C1CC1. The number of nitrogens with one attached hydrogen (secondary N) is 1. The molecule has 1 atom stereocenters. The summed E-state index contributed by atoms with van der Waals surface area (Å²) in [5.41, 5.74) is 0.589. The van der Waals surface area contributed by atoms with Gasteiger partial charge in [-0.2, -0.15) is 0 Å². The van der Waals surface area contributed by atoms with Crippen LogP contribution in [0.2, 0.25) is 0 Å². The largest absolute Gasteiger partial charge is 0.315 e. The van der Waals surface area contributed by atoms with Gasteiger partial charge in [-0.3, -0.25) is 0 Å². The molecular formula is C13H26N2. The lowest BCUT2D eigenvalue weighted by Gasteiger charge is -2.38. The van der Waals surface area contributed by atoms with Crippen LogP contribution in [0.5, 0.6) is 0 Å². The number of nitrogens with zero attached hydrogens (tertiary/aromatic N) is 1. The first-order valence-electron chi connectivity index (χ1n) is 6.50. The van der Waals surface area contributed by atoms with Crippen LogP contribution >= 0.6 is 0 Å². The van der Waals surface area contributed by atoms with E-state index >= 15 is 0 Å². The van der Waals surface area contributed by atoms with E-state index in [0.717, 1.165) is 12.0 Å². The minimum atomic E-state index is 0.589. The summed E-state index contributed by atoms with van der Waals surface area (Å²) in [6.45, 7) is 8.69. The molecule has 2 rings (SSSR count). The van der Waals surface area contributed by atoms with Crippen LogP contribution in [0.15, 0.2) is 0 Å². The molecule has 2 fully saturated rings. The number of piperidine rings is 1. The summed E-state index contributed by atoms with van der Waals surface area (Å²) < 4.78 is 0. The van der Waals surface area contributed by atoms with Gasteiger partial charge in [0.2, 0.25) is 0 Å². The topological polar surface area (TPSA) is 15.3 Å². The number of likely N-dealkylation sites (tertiary alicyclic amines) is 1. The highest BCUT2D eigenvalue weighted by Gasteiger charge is 2.33. The quantitative estimate of drug-likeness (QED) is 0.764. The molecule has 1 aliphatic carbocycles. The van der Waals surface area contributed by atoms with Crippen LogP contribution in [0.25, 0.3) is 0 Å². The maximum Gasteiger partial charge on any atom is 0.0220 e. The fourth-order valence-corrected chi connectivity index (χ4v) is 2.59. The van der Waals surface area contributed by atoms with Gasteiger partial charge in [0.25, 0.3) is 0 Å². The van der Waals surface area contributed by atoms with Crippen LogP contribution in [0.1, 0.15) is 39.5 Å². The van der Waals surface area contributed by atoms with E-state index < -0.39 is 0 Å². The highest BCUT2D eigenvalue weighted by Crippen LogP contribution is 2.34. The Kier molecular flexibility index (Phi) is 3.36. The molecule has 1 heterocycles. The Bertz CT molecular complexity index is 199. The summed E-state index contributed by atoms with van der Waals surface area (Å²) >= 11 is 0. The zero-order chi connectivity index (χ0) is 10.9. The Balaban J connectivity index is 1.75. The monoisotopic (exact) mass is 210 g/mol. The van der Waals surface area contributed by atoms with Gasteiger partial charge in [0.05, 0.1) is 0 Å². The van der Waals surface area contributed by atoms with Crippen LogP contribution in [-0.2, 0) is 0 Å². The molecule has 2 aliphatic rings. The summed E-state index contributed by atoms with van der Waals surface area (Å²) in [7, 11) is 2.12. The van der Waals surface area contributed by atoms with Crippen molar-refractivity contribution in [3.05, 3.63) is 0 Å². The van der Waals surface area contributed by atoms with Crippen molar-refractivity contribution >= 4 is 0 Å². The molecular weight excluding hydrogens is 184 g/mol. The Hall–Kier alpha value is -0.0800. The third-order valence-electron chi connectivity index (χ3n) is 4.23. The van der Waals surface area contributed by atoms with Gasteiger partial charge >= 0.3 is 0 Å². The van der Waals surface area contributed by atoms with Crippen LogP contribution in [0, 0.1) is 11.3 Å². The van der Waals surface area contributed by atoms with Crippen molar-refractivity contribution in [2.24, 2.45) is 11.3 Å². The summed E-state index contributed by atoms with van der Waals surface area (Å²) in [4.78, 5) is 2.66. The van der Waals surface area contributed by atoms with Crippen LogP contribution in [-0.4, -0.2) is 37.6 Å². The van der Waals surface area contributed by atoms with E-state index in [2.05, 4.69) is 31.1 Å². The van der Waals surface area contributed by atoms with Gasteiger partial charge in [0.15, 0.2) is 0 Å². The minimum Gasteiger partial charge on any atom is -0.315 e. The molecule has 88 valence electrons. The summed E-state index contributed by atoms with van der Waals surface area (Å²) in [6.07, 6.45) is 5.64. The second-order valence-electron chi connectivity index (χ2n) is 6.20. The normalized spacial score (nSPS) is 29.0. The predicted octanol–water partition coefficient (Wildman–Crippen LogP) is 2.11. The molecule has 1 saturated heterocycles. The third kappa shape index (κ3) is 3.18. The summed E-state index contributed by atoms with van der Waals surface area (Å²) in [6, 6.07) is 0.756. The average molecular weight is 210 g/mol. The van der Waals surface area contributed by atoms with Gasteiger partial charge in [0.1, 0.15) is 0 Å². The Morgan fingerprint density at radius 1 is 1.27 bits per heavy atom. The molecule has 0 aromatic heterocycles. The molecule has 0 aromatic carbocycles. The van der Waals surface area contributed by atoms with Crippen LogP contribution in [0.3, 0.4) is 0 Å². The molecule has 1 unspecified atom stereocenters. The lowest BCUT2D eigenvalue weighted by Crippen LogP contribution is -2.45. The molecule has 1 aliphatic heterocycles. The van der Waals surface area contributed by atoms with E-state index in [1.807, 2.05) is 0 Å². The van der Waals surface area contributed by atoms with E-state index in [-0.39, 0.29) is 0 Å². The highest BCUT2D eigenvalue weighted by molar-refractivity contribution is 4.89. The van der Waals surface area contributed by atoms with Gasteiger partial charge in [-0.25, -0.2) is 0 Å². The zero-order valence-corrected chi connectivity index (χ0v) is 10.6. The average Bonchev–Trinajstić information content (AvgIpc) is 3.00. The lowest BCUT2D eigenvalue weighted by molar-refractivity contribution is 0.120. The van der Waals surface area contributed by atoms with Crippen molar-refractivity contribution in [2.75, 3.05) is 26.7 Å². The fourth-order valence-electron chi connectivity index (χ4n) is 2.59. The maximum atomic E-state index is 3.49. The smallest absolute Gasteiger partial charge is 0.0220 e.